The number of para-hydroxylation sites is 1. The Morgan fingerprint density at radius 3 is 2.88 bits per heavy atom. The average molecular weight is 357 g/mol. The van der Waals surface area contributed by atoms with E-state index < -0.39 is 0 Å². The minimum absolute atomic E-state index is 0.0256. The summed E-state index contributed by atoms with van der Waals surface area (Å²) in [6.45, 7) is 1.50. The molecule has 5 nitrogen and oxygen atoms in total. The summed E-state index contributed by atoms with van der Waals surface area (Å²) in [5.41, 5.74) is 1.47. The maximum absolute atomic E-state index is 13.1. The van der Waals surface area contributed by atoms with Gasteiger partial charge in [-0.3, -0.25) is 4.79 Å². The van der Waals surface area contributed by atoms with Crippen molar-refractivity contribution in [3.05, 3.63) is 48.3 Å². The van der Waals surface area contributed by atoms with E-state index in [1.807, 2.05) is 59.3 Å². The highest BCUT2D eigenvalue weighted by Gasteiger charge is 2.32. The summed E-state index contributed by atoms with van der Waals surface area (Å²) in [4.78, 5) is 15.2. The highest BCUT2D eigenvalue weighted by Crippen LogP contribution is 2.25. The summed E-state index contributed by atoms with van der Waals surface area (Å²) in [6.07, 6.45) is 5.22. The Morgan fingerprint density at radius 1 is 1.28 bits per heavy atom. The molecule has 1 amide bonds. The van der Waals surface area contributed by atoms with Crippen molar-refractivity contribution in [3.63, 3.8) is 0 Å². The molecule has 132 valence electrons. The normalized spacial score (nSPS) is 23.0. The Bertz CT molecular complexity index is 706. The van der Waals surface area contributed by atoms with Crippen molar-refractivity contribution in [3.8, 4) is 5.69 Å². The van der Waals surface area contributed by atoms with Crippen LogP contribution in [0.25, 0.3) is 5.69 Å². The van der Waals surface area contributed by atoms with Crippen molar-refractivity contribution < 1.29 is 9.53 Å². The van der Waals surface area contributed by atoms with Gasteiger partial charge in [0.15, 0.2) is 5.69 Å². The minimum Gasteiger partial charge on any atom is -0.376 e. The molecule has 2 aliphatic heterocycles. The first kappa shape index (κ1) is 16.7. The predicted molar refractivity (Wildman–Crippen MR) is 99.3 cm³/mol. The fourth-order valence-electron chi connectivity index (χ4n) is 3.48. The van der Waals surface area contributed by atoms with E-state index >= 15 is 0 Å². The number of benzene rings is 1. The molecule has 4 rings (SSSR count). The second-order valence-corrected chi connectivity index (χ2v) is 7.74. The molecule has 0 saturated carbocycles. The number of amides is 1. The van der Waals surface area contributed by atoms with E-state index in [-0.39, 0.29) is 12.0 Å². The highest BCUT2D eigenvalue weighted by atomic mass is 32.2. The van der Waals surface area contributed by atoms with Crippen LogP contribution < -0.4 is 0 Å². The van der Waals surface area contributed by atoms with E-state index in [0.29, 0.717) is 18.3 Å². The van der Waals surface area contributed by atoms with Gasteiger partial charge in [0.2, 0.25) is 0 Å². The number of carbonyl (C=O) groups excluding carboxylic acids is 1. The van der Waals surface area contributed by atoms with E-state index in [9.17, 15) is 4.79 Å². The molecule has 2 fully saturated rings. The van der Waals surface area contributed by atoms with E-state index in [2.05, 4.69) is 5.10 Å². The van der Waals surface area contributed by atoms with Gasteiger partial charge in [-0.05, 0) is 43.2 Å². The van der Waals surface area contributed by atoms with Crippen LogP contribution in [0, 0.1) is 0 Å². The number of rotatable bonds is 5. The van der Waals surface area contributed by atoms with Gasteiger partial charge in [-0.1, -0.05) is 18.2 Å². The Kier molecular flexibility index (Phi) is 5.08. The number of nitrogens with zero attached hydrogens (tertiary/aromatic N) is 3. The van der Waals surface area contributed by atoms with Crippen molar-refractivity contribution in [2.75, 3.05) is 24.7 Å². The molecular formula is C19H23N3O2S. The maximum atomic E-state index is 13.1. The molecule has 1 aromatic carbocycles. The van der Waals surface area contributed by atoms with Gasteiger partial charge >= 0.3 is 0 Å². The summed E-state index contributed by atoms with van der Waals surface area (Å²) in [5, 5.41) is 4.53. The van der Waals surface area contributed by atoms with Crippen LogP contribution >= 0.6 is 11.8 Å². The lowest BCUT2D eigenvalue weighted by Crippen LogP contribution is -2.44. The molecule has 1 aromatic heterocycles. The van der Waals surface area contributed by atoms with Crippen molar-refractivity contribution in [1.29, 1.82) is 0 Å². The molecule has 0 bridgehead atoms. The lowest BCUT2D eigenvalue weighted by molar-refractivity contribution is 0.0437. The summed E-state index contributed by atoms with van der Waals surface area (Å²) >= 11 is 1.92. The average Bonchev–Trinajstić information content (AvgIpc) is 3.42. The molecular weight excluding hydrogens is 334 g/mol. The molecule has 3 heterocycles. The third-order valence-electron chi connectivity index (χ3n) is 4.86. The largest absolute Gasteiger partial charge is 0.376 e. The Hall–Kier alpha value is -1.79. The van der Waals surface area contributed by atoms with Crippen molar-refractivity contribution in [2.45, 2.75) is 31.4 Å². The third kappa shape index (κ3) is 3.75. The van der Waals surface area contributed by atoms with E-state index in [1.54, 1.807) is 4.68 Å². The zero-order chi connectivity index (χ0) is 17.1. The molecule has 2 saturated heterocycles. The van der Waals surface area contributed by atoms with E-state index in [0.717, 1.165) is 43.1 Å². The van der Waals surface area contributed by atoms with Gasteiger partial charge < -0.3 is 9.64 Å². The fraction of sp³-hybridized carbons (Fsp3) is 0.474. The maximum Gasteiger partial charge on any atom is 0.274 e. The molecule has 25 heavy (non-hydrogen) atoms. The Labute approximate surface area is 152 Å². The van der Waals surface area contributed by atoms with Gasteiger partial charge in [0.25, 0.3) is 5.91 Å². The lowest BCUT2D eigenvalue weighted by Gasteiger charge is -2.30. The Balaban J connectivity index is 1.54. The third-order valence-corrected chi connectivity index (χ3v) is 6.01. The molecule has 2 aromatic rings. The van der Waals surface area contributed by atoms with Crippen LogP contribution in [0.5, 0.6) is 0 Å². The summed E-state index contributed by atoms with van der Waals surface area (Å²) < 4.78 is 7.54. The summed E-state index contributed by atoms with van der Waals surface area (Å²) in [5.74, 6) is 2.16. The van der Waals surface area contributed by atoms with Gasteiger partial charge in [-0.15, -0.1) is 0 Å². The molecule has 0 aliphatic carbocycles. The van der Waals surface area contributed by atoms with Gasteiger partial charge in [0.05, 0.1) is 11.8 Å². The molecule has 6 heteroatoms. The smallest absolute Gasteiger partial charge is 0.274 e. The molecule has 0 N–H and O–H groups in total. The molecule has 0 spiro atoms. The lowest BCUT2D eigenvalue weighted by atomic mass is 10.1. The van der Waals surface area contributed by atoms with Crippen LogP contribution in [0.15, 0.2) is 42.6 Å². The number of aromatic nitrogens is 2. The second kappa shape index (κ2) is 7.62. The van der Waals surface area contributed by atoms with Gasteiger partial charge in [0, 0.05) is 31.1 Å². The quantitative estimate of drug-likeness (QED) is 0.825. The first-order chi connectivity index (χ1) is 12.3. The predicted octanol–water partition coefficient (Wildman–Crippen LogP) is 3.00. The molecule has 2 aliphatic rings. The van der Waals surface area contributed by atoms with Crippen LogP contribution in [-0.2, 0) is 4.74 Å². The van der Waals surface area contributed by atoms with Gasteiger partial charge in [-0.25, -0.2) is 4.68 Å². The van der Waals surface area contributed by atoms with Crippen LogP contribution in [0.2, 0.25) is 0 Å². The van der Waals surface area contributed by atoms with Gasteiger partial charge in [0.1, 0.15) is 0 Å². The Morgan fingerprint density at radius 2 is 2.16 bits per heavy atom. The van der Waals surface area contributed by atoms with Crippen molar-refractivity contribution in [2.24, 2.45) is 0 Å². The van der Waals surface area contributed by atoms with Crippen LogP contribution in [-0.4, -0.2) is 57.4 Å². The number of ether oxygens (including phenoxy) is 1. The number of hydrogen-bond acceptors (Lipinski definition) is 4. The topological polar surface area (TPSA) is 47.4 Å². The second-order valence-electron chi connectivity index (χ2n) is 6.59. The zero-order valence-electron chi connectivity index (χ0n) is 14.2. The standard InChI is InChI=1S/C19H23N3O2S/c23-19(18-8-10-22(20-18)15-5-2-1-3-6-15)21(16-9-12-25-14-16)13-17-7-4-11-24-17/h1-3,5-6,8,10,16-17H,4,7,9,11-14H2/t16-,17+/m0/s1. The monoisotopic (exact) mass is 357 g/mol. The highest BCUT2D eigenvalue weighted by molar-refractivity contribution is 7.99. The van der Waals surface area contributed by atoms with E-state index in [1.165, 1.54) is 0 Å². The first-order valence-corrected chi connectivity index (χ1v) is 10.1. The van der Waals surface area contributed by atoms with Crippen LogP contribution in [0.4, 0.5) is 0 Å². The van der Waals surface area contributed by atoms with E-state index in [4.69, 9.17) is 4.74 Å². The SMILES string of the molecule is O=C(c1ccn(-c2ccccc2)n1)N(C[C@H]1CCCO1)[C@H]1CCSC1. The zero-order valence-corrected chi connectivity index (χ0v) is 15.0. The molecule has 0 unspecified atom stereocenters. The number of hydrogen-bond donors (Lipinski definition) is 0. The van der Waals surface area contributed by atoms with Crippen LogP contribution in [0.3, 0.4) is 0 Å². The fourth-order valence-corrected chi connectivity index (χ4v) is 4.71. The molecule has 0 radical (unpaired) electrons. The summed E-state index contributed by atoms with van der Waals surface area (Å²) in [6, 6.07) is 12.0. The van der Waals surface area contributed by atoms with Gasteiger partial charge in [-0.2, -0.15) is 16.9 Å². The van der Waals surface area contributed by atoms with Crippen LogP contribution in [0.1, 0.15) is 29.8 Å². The number of carbonyl (C=O) groups is 1. The number of thioether (sulfide) groups is 1. The van der Waals surface area contributed by atoms with Crippen molar-refractivity contribution in [1.82, 2.24) is 14.7 Å². The molecule has 2 atom stereocenters. The summed E-state index contributed by atoms with van der Waals surface area (Å²) in [7, 11) is 0. The first-order valence-electron chi connectivity index (χ1n) is 8.92. The minimum atomic E-state index is 0.0256. The van der Waals surface area contributed by atoms with Crippen molar-refractivity contribution >= 4 is 17.7 Å².